The lowest BCUT2D eigenvalue weighted by atomic mass is 9.91. The fourth-order valence-electron chi connectivity index (χ4n) is 6.05. The third-order valence-corrected chi connectivity index (χ3v) is 8.30. The predicted molar refractivity (Wildman–Crippen MR) is 150 cm³/mol. The van der Waals surface area contributed by atoms with Crippen LogP contribution in [0, 0.1) is 5.41 Å². The molecule has 9 nitrogen and oxygen atoms in total. The van der Waals surface area contributed by atoms with Gasteiger partial charge in [-0.2, -0.15) is 4.98 Å². The molecule has 1 aromatic heterocycles. The number of amides is 2. The maximum Gasteiger partial charge on any atom is 0.251 e. The van der Waals surface area contributed by atoms with Crippen molar-refractivity contribution in [2.75, 3.05) is 35.8 Å². The van der Waals surface area contributed by atoms with Crippen molar-refractivity contribution >= 4 is 35.0 Å². The highest BCUT2D eigenvalue weighted by Gasteiger charge is 2.41. The summed E-state index contributed by atoms with van der Waals surface area (Å²) in [7, 11) is 3.33. The zero-order chi connectivity index (χ0) is 27.7. The number of alkyl halides is 1. The standard InChI is InChI=1S/C29H39FN6O3/c1-29(2)17-36(21-7-5-6-8-21)25-23(35(3)27(29)38)16-31-28(34-25)33-22-14-9-18(15-24(22)39-4)26(37)32-20-12-10-19(30)11-13-20/h9,14-16,19-21H,5-8,10-13,17H2,1-4H3,(H,32,37)(H,31,33,34)/t19-,20-. The Bertz CT molecular complexity index is 1220. The van der Waals surface area contributed by atoms with Crippen molar-refractivity contribution in [3.63, 3.8) is 0 Å². The Morgan fingerprint density at radius 1 is 1.13 bits per heavy atom. The molecule has 2 aliphatic carbocycles. The first kappa shape index (κ1) is 27.1. The quantitative estimate of drug-likeness (QED) is 0.535. The Kier molecular flexibility index (Phi) is 7.64. The number of hydrogen-bond donors (Lipinski definition) is 2. The van der Waals surface area contributed by atoms with E-state index in [1.807, 2.05) is 13.8 Å². The Balaban J connectivity index is 1.39. The summed E-state index contributed by atoms with van der Waals surface area (Å²) >= 11 is 0. The summed E-state index contributed by atoms with van der Waals surface area (Å²) in [4.78, 5) is 39.5. The molecule has 210 valence electrons. The second-order valence-electron chi connectivity index (χ2n) is 11.7. The van der Waals surface area contributed by atoms with Crippen LogP contribution >= 0.6 is 0 Å². The number of carbonyl (C=O) groups excluding carboxylic acids is 2. The molecule has 0 atom stereocenters. The van der Waals surface area contributed by atoms with E-state index in [0.717, 1.165) is 18.7 Å². The first-order valence-electron chi connectivity index (χ1n) is 14.0. The van der Waals surface area contributed by atoms with Crippen LogP contribution in [0.4, 0.5) is 27.5 Å². The fourth-order valence-corrected chi connectivity index (χ4v) is 6.05. The van der Waals surface area contributed by atoms with Gasteiger partial charge < -0.3 is 25.2 Å². The molecule has 2 fully saturated rings. The molecule has 2 saturated carbocycles. The molecular formula is C29H39FN6O3. The van der Waals surface area contributed by atoms with Gasteiger partial charge in [0.15, 0.2) is 5.82 Å². The zero-order valence-electron chi connectivity index (χ0n) is 23.3. The highest BCUT2D eigenvalue weighted by Crippen LogP contribution is 2.40. The number of anilines is 4. The van der Waals surface area contributed by atoms with E-state index in [-0.39, 0.29) is 17.9 Å². The molecule has 2 N–H and O–H groups in total. The van der Waals surface area contributed by atoms with Gasteiger partial charge in [0.1, 0.15) is 17.6 Å². The van der Waals surface area contributed by atoms with Crippen molar-refractivity contribution < 1.29 is 18.7 Å². The van der Waals surface area contributed by atoms with Crippen LogP contribution in [0.1, 0.15) is 75.6 Å². The second kappa shape index (κ2) is 11.0. The second-order valence-corrected chi connectivity index (χ2v) is 11.7. The van der Waals surface area contributed by atoms with Gasteiger partial charge in [-0.15, -0.1) is 0 Å². The number of fused-ring (bicyclic) bond motifs is 1. The molecule has 0 spiro atoms. The van der Waals surface area contributed by atoms with Crippen molar-refractivity contribution in [1.29, 1.82) is 0 Å². The molecule has 10 heteroatoms. The van der Waals surface area contributed by atoms with Gasteiger partial charge >= 0.3 is 0 Å². The maximum absolute atomic E-state index is 13.5. The average Bonchev–Trinajstić information content (AvgIpc) is 3.45. The summed E-state index contributed by atoms with van der Waals surface area (Å²) in [6, 6.07) is 5.50. The molecule has 0 saturated heterocycles. The molecule has 0 bridgehead atoms. The summed E-state index contributed by atoms with van der Waals surface area (Å²) in [6.45, 7) is 4.56. The van der Waals surface area contributed by atoms with Crippen LogP contribution in [-0.2, 0) is 4.79 Å². The van der Waals surface area contributed by atoms with E-state index in [2.05, 4.69) is 20.5 Å². The van der Waals surface area contributed by atoms with E-state index >= 15 is 0 Å². The molecule has 0 unspecified atom stereocenters. The first-order chi connectivity index (χ1) is 18.7. The highest BCUT2D eigenvalue weighted by atomic mass is 19.1. The van der Waals surface area contributed by atoms with Crippen LogP contribution in [0.2, 0.25) is 0 Å². The van der Waals surface area contributed by atoms with Crippen LogP contribution in [0.3, 0.4) is 0 Å². The fraction of sp³-hybridized carbons (Fsp3) is 0.586. The average molecular weight is 539 g/mol. The number of nitrogens with zero attached hydrogens (tertiary/aromatic N) is 4. The predicted octanol–water partition coefficient (Wildman–Crippen LogP) is 4.99. The monoisotopic (exact) mass is 538 g/mol. The van der Waals surface area contributed by atoms with Crippen LogP contribution in [0.25, 0.3) is 0 Å². The molecule has 2 aromatic rings. The number of carbonyl (C=O) groups is 2. The number of aromatic nitrogens is 2. The van der Waals surface area contributed by atoms with Gasteiger partial charge in [0.2, 0.25) is 11.9 Å². The molecule has 1 aromatic carbocycles. The van der Waals surface area contributed by atoms with E-state index in [1.165, 1.54) is 12.8 Å². The topological polar surface area (TPSA) is 99.7 Å². The number of rotatable bonds is 6. The number of ether oxygens (including phenoxy) is 1. The number of benzene rings is 1. The van der Waals surface area contributed by atoms with Gasteiger partial charge in [-0.25, -0.2) is 9.37 Å². The minimum absolute atomic E-state index is 0.0147. The summed E-state index contributed by atoms with van der Waals surface area (Å²) < 4.78 is 19.1. The van der Waals surface area contributed by atoms with Crippen molar-refractivity contribution in [3.8, 4) is 5.75 Å². The lowest BCUT2D eigenvalue weighted by molar-refractivity contribution is -0.125. The Hall–Kier alpha value is -3.43. The lowest BCUT2D eigenvalue weighted by Crippen LogP contribution is -2.45. The maximum atomic E-state index is 13.5. The Labute approximate surface area is 229 Å². The third kappa shape index (κ3) is 5.65. The number of halogens is 1. The normalized spacial score (nSPS) is 23.3. The zero-order valence-corrected chi connectivity index (χ0v) is 23.3. The molecular weight excluding hydrogens is 499 g/mol. The molecule has 0 radical (unpaired) electrons. The summed E-state index contributed by atoms with van der Waals surface area (Å²) in [5.74, 6) is 1.46. The van der Waals surface area contributed by atoms with Crippen molar-refractivity contribution in [2.45, 2.75) is 83.5 Å². The first-order valence-corrected chi connectivity index (χ1v) is 14.0. The van der Waals surface area contributed by atoms with Crippen LogP contribution < -0.4 is 25.2 Å². The van der Waals surface area contributed by atoms with E-state index in [4.69, 9.17) is 9.72 Å². The van der Waals surface area contributed by atoms with Gasteiger partial charge in [0.05, 0.1) is 24.4 Å². The number of methoxy groups -OCH3 is 1. The molecule has 2 heterocycles. The van der Waals surface area contributed by atoms with E-state index in [0.29, 0.717) is 66.9 Å². The Morgan fingerprint density at radius 2 is 1.85 bits per heavy atom. The highest BCUT2D eigenvalue weighted by molar-refractivity contribution is 6.01. The van der Waals surface area contributed by atoms with Gasteiger partial charge in [-0.1, -0.05) is 12.8 Å². The summed E-state index contributed by atoms with van der Waals surface area (Å²) in [5, 5.41) is 6.27. The van der Waals surface area contributed by atoms with E-state index < -0.39 is 11.6 Å². The minimum Gasteiger partial charge on any atom is -0.495 e. The van der Waals surface area contributed by atoms with Gasteiger partial charge in [0, 0.05) is 31.2 Å². The molecule has 5 rings (SSSR count). The third-order valence-electron chi connectivity index (χ3n) is 8.30. The number of nitrogens with one attached hydrogen (secondary N) is 2. The van der Waals surface area contributed by atoms with Crippen molar-refractivity contribution in [3.05, 3.63) is 30.0 Å². The molecule has 39 heavy (non-hydrogen) atoms. The van der Waals surface area contributed by atoms with Crippen molar-refractivity contribution in [2.24, 2.45) is 5.41 Å². The van der Waals surface area contributed by atoms with Crippen LogP contribution in [0.15, 0.2) is 24.4 Å². The van der Waals surface area contributed by atoms with Gasteiger partial charge in [-0.05, 0) is 70.6 Å². The largest absolute Gasteiger partial charge is 0.495 e. The van der Waals surface area contributed by atoms with E-state index in [1.54, 1.807) is 43.5 Å². The van der Waals surface area contributed by atoms with Gasteiger partial charge in [-0.3, -0.25) is 9.59 Å². The van der Waals surface area contributed by atoms with E-state index in [9.17, 15) is 14.0 Å². The SMILES string of the molecule is COc1cc(C(=O)N[C@H]2CC[C@H](F)CC2)ccc1Nc1ncc2c(n1)N(C1CCCC1)CC(C)(C)C(=O)N2C. The molecule has 3 aliphatic rings. The minimum atomic E-state index is -0.767. The van der Waals surface area contributed by atoms with Crippen molar-refractivity contribution in [1.82, 2.24) is 15.3 Å². The molecule has 1 aliphatic heterocycles. The van der Waals surface area contributed by atoms with Crippen LogP contribution in [0.5, 0.6) is 5.75 Å². The smallest absolute Gasteiger partial charge is 0.251 e. The van der Waals surface area contributed by atoms with Crippen LogP contribution in [-0.4, -0.2) is 60.7 Å². The number of hydrogen-bond acceptors (Lipinski definition) is 7. The Morgan fingerprint density at radius 3 is 2.54 bits per heavy atom. The molecule has 2 amide bonds. The lowest BCUT2D eigenvalue weighted by Gasteiger charge is -2.34. The van der Waals surface area contributed by atoms with Gasteiger partial charge in [0.25, 0.3) is 5.91 Å². The summed E-state index contributed by atoms with van der Waals surface area (Å²) in [5.41, 5.74) is 1.23. The summed E-state index contributed by atoms with van der Waals surface area (Å²) in [6.07, 6.45) is 7.69.